The molecule has 0 nitrogen and oxygen atoms in total. The topological polar surface area (TPSA) is 0 Å². The van der Waals surface area contributed by atoms with Crippen molar-refractivity contribution in [3.8, 4) is 0 Å². The van der Waals surface area contributed by atoms with Crippen molar-refractivity contribution in [1.82, 2.24) is 0 Å². The molecule has 0 radical (unpaired) electrons. The lowest BCUT2D eigenvalue weighted by molar-refractivity contribution is 1.41. The standard InChI is InChI=1S/C5H6S3/c6-5(3-1-7-3)4-2-8-4/h3-4H,1-2H2. The summed E-state index contributed by atoms with van der Waals surface area (Å²) in [5, 5.41) is 1.56. The van der Waals surface area contributed by atoms with Crippen molar-refractivity contribution < 1.29 is 0 Å². The zero-order valence-corrected chi connectivity index (χ0v) is 6.74. The van der Waals surface area contributed by atoms with Gasteiger partial charge < -0.3 is 0 Å². The van der Waals surface area contributed by atoms with Crippen molar-refractivity contribution in [2.24, 2.45) is 0 Å². The molecule has 0 N–H and O–H groups in total. The smallest absolute Gasteiger partial charge is 0.0463 e. The number of hydrogen-bond acceptors (Lipinski definition) is 3. The minimum Gasteiger partial charge on any atom is -0.151 e. The molecule has 0 saturated carbocycles. The van der Waals surface area contributed by atoms with Gasteiger partial charge in [0.2, 0.25) is 0 Å². The molecule has 0 aromatic heterocycles. The summed E-state index contributed by atoms with van der Waals surface area (Å²) in [6, 6.07) is 0. The second kappa shape index (κ2) is 1.89. The molecule has 0 bridgehead atoms. The Bertz CT molecular complexity index is 110. The summed E-state index contributed by atoms with van der Waals surface area (Å²) in [6.07, 6.45) is 0. The first-order valence-corrected chi connectivity index (χ1v) is 5.15. The Morgan fingerprint density at radius 1 is 1.25 bits per heavy atom. The van der Waals surface area contributed by atoms with Gasteiger partial charge in [-0.1, -0.05) is 12.2 Å². The van der Waals surface area contributed by atoms with E-state index in [4.69, 9.17) is 12.2 Å². The van der Waals surface area contributed by atoms with Gasteiger partial charge in [-0.25, -0.2) is 0 Å². The Balaban J connectivity index is 1.93. The zero-order chi connectivity index (χ0) is 5.56. The summed E-state index contributed by atoms with van der Waals surface area (Å²) in [6.45, 7) is 0. The Labute approximate surface area is 62.8 Å². The highest BCUT2D eigenvalue weighted by atomic mass is 32.2. The molecule has 0 aromatic rings. The Morgan fingerprint density at radius 3 is 1.88 bits per heavy atom. The molecule has 3 heteroatoms. The lowest BCUT2D eigenvalue weighted by atomic mass is 10.3. The Morgan fingerprint density at radius 2 is 1.62 bits per heavy atom. The first-order chi connectivity index (χ1) is 3.88. The number of thiocarbonyl (C=S) groups is 1. The zero-order valence-electron chi connectivity index (χ0n) is 4.29. The SMILES string of the molecule is S=C(C1CS1)C1CS1. The number of thioether (sulfide) groups is 2. The molecule has 0 amide bonds. The monoisotopic (exact) mass is 162 g/mol. The predicted molar refractivity (Wildman–Crippen MR) is 45.1 cm³/mol. The molecule has 0 aliphatic carbocycles. The van der Waals surface area contributed by atoms with Crippen LogP contribution in [0.4, 0.5) is 0 Å². The van der Waals surface area contributed by atoms with Crippen LogP contribution >= 0.6 is 35.7 Å². The van der Waals surface area contributed by atoms with Crippen LogP contribution in [0.5, 0.6) is 0 Å². The normalized spacial score (nSPS) is 41.5. The van der Waals surface area contributed by atoms with Gasteiger partial charge in [-0.15, -0.1) is 0 Å². The highest BCUT2D eigenvalue weighted by molar-refractivity contribution is 8.11. The van der Waals surface area contributed by atoms with E-state index in [9.17, 15) is 0 Å². The molecule has 2 aliphatic rings. The second-order valence-corrected chi connectivity index (χ2v) is 4.99. The molecule has 44 valence electrons. The van der Waals surface area contributed by atoms with E-state index >= 15 is 0 Å². The molecular weight excluding hydrogens is 156 g/mol. The van der Waals surface area contributed by atoms with E-state index in [1.165, 1.54) is 16.4 Å². The van der Waals surface area contributed by atoms with Crippen LogP contribution in [0.25, 0.3) is 0 Å². The van der Waals surface area contributed by atoms with E-state index < -0.39 is 0 Å². The van der Waals surface area contributed by atoms with Gasteiger partial charge in [0.25, 0.3) is 0 Å². The van der Waals surface area contributed by atoms with Gasteiger partial charge in [0.1, 0.15) is 0 Å². The van der Waals surface area contributed by atoms with Crippen molar-refractivity contribution in [1.29, 1.82) is 0 Å². The van der Waals surface area contributed by atoms with Crippen LogP contribution in [0.3, 0.4) is 0 Å². The van der Waals surface area contributed by atoms with Crippen LogP contribution in [0, 0.1) is 0 Å². The Hall–Kier alpha value is 0.790. The summed E-state index contributed by atoms with van der Waals surface area (Å²) >= 11 is 9.17. The fraction of sp³-hybridized carbons (Fsp3) is 0.800. The van der Waals surface area contributed by atoms with Gasteiger partial charge in [0.05, 0.1) is 0 Å². The van der Waals surface area contributed by atoms with Crippen LogP contribution in [-0.4, -0.2) is 26.9 Å². The highest BCUT2D eigenvalue weighted by Crippen LogP contribution is 2.41. The van der Waals surface area contributed by atoms with E-state index in [1.54, 1.807) is 0 Å². The van der Waals surface area contributed by atoms with Crippen LogP contribution in [0.2, 0.25) is 0 Å². The van der Waals surface area contributed by atoms with Crippen LogP contribution in [0.1, 0.15) is 0 Å². The van der Waals surface area contributed by atoms with Crippen molar-refractivity contribution in [3.63, 3.8) is 0 Å². The molecular formula is C5H6S3. The first-order valence-electron chi connectivity index (χ1n) is 2.65. The van der Waals surface area contributed by atoms with E-state index in [0.717, 1.165) is 10.5 Å². The van der Waals surface area contributed by atoms with Crippen molar-refractivity contribution in [2.75, 3.05) is 11.5 Å². The minimum atomic E-state index is 0.782. The fourth-order valence-electron chi connectivity index (χ4n) is 0.632. The Kier molecular flexibility index (Phi) is 1.31. The lowest BCUT2D eigenvalue weighted by Crippen LogP contribution is -2.08. The lowest BCUT2D eigenvalue weighted by Gasteiger charge is -1.89. The van der Waals surface area contributed by atoms with Gasteiger partial charge in [0, 0.05) is 26.9 Å². The number of hydrogen-bond donors (Lipinski definition) is 0. The predicted octanol–water partition coefficient (Wildman–Crippen LogP) is 1.59. The minimum absolute atomic E-state index is 0.782. The molecule has 2 saturated heterocycles. The van der Waals surface area contributed by atoms with E-state index in [2.05, 4.69) is 0 Å². The number of rotatable bonds is 2. The summed E-state index contributed by atoms with van der Waals surface area (Å²) in [4.78, 5) is 1.33. The quantitative estimate of drug-likeness (QED) is 0.447. The average Bonchev–Trinajstić information content (AvgIpc) is 2.63. The molecule has 2 unspecified atom stereocenters. The average molecular weight is 162 g/mol. The third-order valence-electron chi connectivity index (χ3n) is 1.30. The maximum Gasteiger partial charge on any atom is 0.0463 e. The summed E-state index contributed by atoms with van der Waals surface area (Å²) in [5.41, 5.74) is 0. The molecule has 2 heterocycles. The molecule has 2 rings (SSSR count). The fourth-order valence-corrected chi connectivity index (χ4v) is 2.71. The molecule has 0 aromatic carbocycles. The maximum atomic E-state index is 5.19. The second-order valence-electron chi connectivity index (χ2n) is 2.05. The van der Waals surface area contributed by atoms with Crippen LogP contribution in [-0.2, 0) is 0 Å². The van der Waals surface area contributed by atoms with Gasteiger partial charge in [-0.2, -0.15) is 23.5 Å². The van der Waals surface area contributed by atoms with Crippen LogP contribution in [0.15, 0.2) is 0 Å². The molecule has 8 heavy (non-hydrogen) atoms. The van der Waals surface area contributed by atoms with Crippen molar-refractivity contribution in [2.45, 2.75) is 10.5 Å². The van der Waals surface area contributed by atoms with E-state index in [-0.39, 0.29) is 0 Å². The van der Waals surface area contributed by atoms with E-state index in [1.807, 2.05) is 23.5 Å². The molecule has 0 spiro atoms. The van der Waals surface area contributed by atoms with Gasteiger partial charge in [0.15, 0.2) is 0 Å². The largest absolute Gasteiger partial charge is 0.151 e. The third-order valence-corrected chi connectivity index (χ3v) is 4.01. The first kappa shape index (κ1) is 5.57. The van der Waals surface area contributed by atoms with Crippen LogP contribution < -0.4 is 0 Å². The van der Waals surface area contributed by atoms with Gasteiger partial charge in [-0.3, -0.25) is 0 Å². The molecule has 2 fully saturated rings. The summed E-state index contributed by atoms with van der Waals surface area (Å²) in [7, 11) is 0. The van der Waals surface area contributed by atoms with Crippen molar-refractivity contribution >= 4 is 40.6 Å². The van der Waals surface area contributed by atoms with E-state index in [0.29, 0.717) is 0 Å². The summed E-state index contributed by atoms with van der Waals surface area (Å²) in [5.74, 6) is 2.60. The summed E-state index contributed by atoms with van der Waals surface area (Å²) < 4.78 is 0. The van der Waals surface area contributed by atoms with Gasteiger partial charge >= 0.3 is 0 Å². The van der Waals surface area contributed by atoms with Crippen molar-refractivity contribution in [3.05, 3.63) is 0 Å². The highest BCUT2D eigenvalue weighted by Gasteiger charge is 2.37. The third kappa shape index (κ3) is 1.04. The maximum absolute atomic E-state index is 5.19. The molecule has 2 aliphatic heterocycles. The van der Waals surface area contributed by atoms with Gasteiger partial charge in [-0.05, 0) is 0 Å². The molecule has 2 atom stereocenters.